The van der Waals surface area contributed by atoms with Gasteiger partial charge in [0.15, 0.2) is 0 Å². The Morgan fingerprint density at radius 1 is 1.38 bits per heavy atom. The molecule has 2 aromatic rings. The van der Waals surface area contributed by atoms with Gasteiger partial charge < -0.3 is 4.40 Å². The molecule has 68 valence electrons. The van der Waals surface area contributed by atoms with Gasteiger partial charge in [-0.25, -0.2) is 4.98 Å². The summed E-state index contributed by atoms with van der Waals surface area (Å²) < 4.78 is 2.07. The van der Waals surface area contributed by atoms with E-state index in [0.717, 1.165) is 0 Å². The molecular weight excluding hydrogens is 160 g/mol. The molecule has 0 atom stereocenters. The van der Waals surface area contributed by atoms with Crippen molar-refractivity contribution in [2.24, 2.45) is 0 Å². The summed E-state index contributed by atoms with van der Waals surface area (Å²) in [5.74, 6) is 0.492. The summed E-state index contributed by atoms with van der Waals surface area (Å²) >= 11 is 0. The molecule has 0 spiro atoms. The Labute approximate surface area is 78.2 Å². The number of hydrogen-bond acceptors (Lipinski definition) is 1. The van der Waals surface area contributed by atoms with Crippen LogP contribution in [0.1, 0.15) is 31.0 Å². The quantitative estimate of drug-likeness (QED) is 0.649. The fourth-order valence-electron chi connectivity index (χ4n) is 1.56. The number of rotatable bonds is 1. The van der Waals surface area contributed by atoms with Crippen LogP contribution in [0.3, 0.4) is 0 Å². The van der Waals surface area contributed by atoms with Crippen molar-refractivity contribution in [3.63, 3.8) is 0 Å². The van der Waals surface area contributed by atoms with Crippen molar-refractivity contribution in [3.05, 3.63) is 35.9 Å². The Kier molecular flexibility index (Phi) is 1.83. The van der Waals surface area contributed by atoms with Crippen LogP contribution in [-0.2, 0) is 0 Å². The first-order chi connectivity index (χ1) is 6.18. The first-order valence-electron chi connectivity index (χ1n) is 4.61. The summed E-state index contributed by atoms with van der Waals surface area (Å²) in [7, 11) is 0. The minimum atomic E-state index is 0.492. The summed E-state index contributed by atoms with van der Waals surface area (Å²) in [5.41, 5.74) is 3.70. The molecule has 2 heteroatoms. The van der Waals surface area contributed by atoms with Crippen LogP contribution in [0, 0.1) is 6.92 Å². The minimum absolute atomic E-state index is 0.492. The molecule has 0 aliphatic rings. The SMILES string of the molecule is Cc1ccn2cnc(C(C)C)c2c1. The third-order valence-electron chi connectivity index (χ3n) is 2.27. The van der Waals surface area contributed by atoms with Gasteiger partial charge in [0, 0.05) is 6.20 Å². The second kappa shape index (κ2) is 2.87. The number of hydrogen-bond donors (Lipinski definition) is 0. The van der Waals surface area contributed by atoms with Crippen molar-refractivity contribution < 1.29 is 0 Å². The first kappa shape index (κ1) is 8.30. The summed E-state index contributed by atoms with van der Waals surface area (Å²) in [4.78, 5) is 4.40. The van der Waals surface area contributed by atoms with Crippen LogP contribution in [0.4, 0.5) is 0 Å². The zero-order valence-electron chi connectivity index (χ0n) is 8.28. The molecule has 0 saturated heterocycles. The van der Waals surface area contributed by atoms with E-state index in [1.165, 1.54) is 16.8 Å². The summed E-state index contributed by atoms with van der Waals surface area (Å²) in [6.07, 6.45) is 3.94. The van der Waals surface area contributed by atoms with E-state index in [0.29, 0.717) is 5.92 Å². The van der Waals surface area contributed by atoms with E-state index >= 15 is 0 Å². The Morgan fingerprint density at radius 3 is 2.85 bits per heavy atom. The van der Waals surface area contributed by atoms with Gasteiger partial charge in [-0.2, -0.15) is 0 Å². The van der Waals surface area contributed by atoms with Crippen molar-refractivity contribution >= 4 is 5.52 Å². The number of aryl methyl sites for hydroxylation is 1. The van der Waals surface area contributed by atoms with E-state index in [1.807, 2.05) is 6.33 Å². The lowest BCUT2D eigenvalue weighted by Crippen LogP contribution is -1.89. The Morgan fingerprint density at radius 2 is 2.15 bits per heavy atom. The van der Waals surface area contributed by atoms with Crippen LogP contribution in [0.15, 0.2) is 24.7 Å². The molecular formula is C11H14N2. The van der Waals surface area contributed by atoms with Crippen LogP contribution in [0.5, 0.6) is 0 Å². The fraction of sp³-hybridized carbons (Fsp3) is 0.364. The van der Waals surface area contributed by atoms with E-state index in [-0.39, 0.29) is 0 Å². The monoisotopic (exact) mass is 174 g/mol. The molecule has 0 fully saturated rings. The highest BCUT2D eigenvalue weighted by Crippen LogP contribution is 2.19. The average molecular weight is 174 g/mol. The van der Waals surface area contributed by atoms with Crippen molar-refractivity contribution in [1.82, 2.24) is 9.38 Å². The second-order valence-electron chi connectivity index (χ2n) is 3.78. The van der Waals surface area contributed by atoms with Crippen molar-refractivity contribution in [2.75, 3.05) is 0 Å². The number of pyridine rings is 1. The van der Waals surface area contributed by atoms with Crippen molar-refractivity contribution in [2.45, 2.75) is 26.7 Å². The highest BCUT2D eigenvalue weighted by Gasteiger charge is 2.07. The van der Waals surface area contributed by atoms with Gasteiger partial charge in [-0.1, -0.05) is 13.8 Å². The Bertz CT molecular complexity index is 427. The molecule has 0 N–H and O–H groups in total. The van der Waals surface area contributed by atoms with Gasteiger partial charge in [0.25, 0.3) is 0 Å². The Balaban J connectivity index is 2.71. The maximum absolute atomic E-state index is 4.40. The van der Waals surface area contributed by atoms with E-state index in [9.17, 15) is 0 Å². The molecule has 2 rings (SSSR count). The Hall–Kier alpha value is -1.31. The van der Waals surface area contributed by atoms with Crippen LogP contribution < -0.4 is 0 Å². The van der Waals surface area contributed by atoms with Gasteiger partial charge in [-0.05, 0) is 30.5 Å². The molecule has 0 aromatic carbocycles. The summed E-state index contributed by atoms with van der Waals surface area (Å²) in [5, 5.41) is 0. The zero-order valence-corrected chi connectivity index (χ0v) is 8.28. The standard InChI is InChI=1S/C11H14N2/c1-8(2)11-10-6-9(3)4-5-13(10)7-12-11/h4-8H,1-3H3. The van der Waals surface area contributed by atoms with Gasteiger partial charge >= 0.3 is 0 Å². The first-order valence-corrected chi connectivity index (χ1v) is 4.61. The second-order valence-corrected chi connectivity index (χ2v) is 3.78. The minimum Gasteiger partial charge on any atom is -0.306 e. The molecule has 0 amide bonds. The fourth-order valence-corrected chi connectivity index (χ4v) is 1.56. The molecule has 2 aromatic heterocycles. The van der Waals surface area contributed by atoms with Gasteiger partial charge in [0.05, 0.1) is 17.5 Å². The van der Waals surface area contributed by atoms with Crippen LogP contribution in [-0.4, -0.2) is 9.38 Å². The molecule has 0 unspecified atom stereocenters. The van der Waals surface area contributed by atoms with E-state index in [2.05, 4.69) is 48.5 Å². The number of aromatic nitrogens is 2. The lowest BCUT2D eigenvalue weighted by Gasteiger charge is -2.01. The van der Waals surface area contributed by atoms with Crippen LogP contribution in [0.25, 0.3) is 5.52 Å². The normalized spacial score (nSPS) is 11.4. The molecule has 0 aliphatic carbocycles. The van der Waals surface area contributed by atoms with Crippen molar-refractivity contribution in [3.8, 4) is 0 Å². The topological polar surface area (TPSA) is 17.3 Å². The highest BCUT2D eigenvalue weighted by molar-refractivity contribution is 5.54. The highest BCUT2D eigenvalue weighted by atomic mass is 15.0. The zero-order chi connectivity index (χ0) is 9.42. The number of nitrogens with zero attached hydrogens (tertiary/aromatic N) is 2. The maximum atomic E-state index is 4.40. The molecule has 0 radical (unpaired) electrons. The van der Waals surface area contributed by atoms with Gasteiger partial charge in [0.2, 0.25) is 0 Å². The van der Waals surface area contributed by atoms with Crippen LogP contribution >= 0.6 is 0 Å². The molecule has 2 heterocycles. The molecule has 0 bridgehead atoms. The molecule has 0 saturated carbocycles. The average Bonchev–Trinajstić information content (AvgIpc) is 2.46. The predicted molar refractivity (Wildman–Crippen MR) is 54.0 cm³/mol. The molecule has 0 aliphatic heterocycles. The van der Waals surface area contributed by atoms with Gasteiger partial charge in [-0.15, -0.1) is 0 Å². The lowest BCUT2D eigenvalue weighted by atomic mass is 10.1. The predicted octanol–water partition coefficient (Wildman–Crippen LogP) is 2.77. The third-order valence-corrected chi connectivity index (χ3v) is 2.27. The molecule has 13 heavy (non-hydrogen) atoms. The number of fused-ring (bicyclic) bond motifs is 1. The summed E-state index contributed by atoms with van der Waals surface area (Å²) in [6.45, 7) is 6.45. The van der Waals surface area contributed by atoms with Crippen molar-refractivity contribution in [1.29, 1.82) is 0 Å². The van der Waals surface area contributed by atoms with E-state index in [4.69, 9.17) is 0 Å². The molecule has 2 nitrogen and oxygen atoms in total. The lowest BCUT2D eigenvalue weighted by molar-refractivity contribution is 0.841. The van der Waals surface area contributed by atoms with Gasteiger partial charge in [-0.3, -0.25) is 0 Å². The largest absolute Gasteiger partial charge is 0.306 e. The van der Waals surface area contributed by atoms with E-state index in [1.54, 1.807) is 0 Å². The summed E-state index contributed by atoms with van der Waals surface area (Å²) in [6, 6.07) is 4.28. The van der Waals surface area contributed by atoms with Crippen LogP contribution in [0.2, 0.25) is 0 Å². The van der Waals surface area contributed by atoms with E-state index < -0.39 is 0 Å². The maximum Gasteiger partial charge on any atom is 0.0995 e. The smallest absolute Gasteiger partial charge is 0.0995 e. The third kappa shape index (κ3) is 1.32. The number of imidazole rings is 1. The van der Waals surface area contributed by atoms with Gasteiger partial charge in [0.1, 0.15) is 0 Å².